The van der Waals surface area contributed by atoms with Gasteiger partial charge in [0.25, 0.3) is 5.56 Å². The van der Waals surface area contributed by atoms with Crippen LogP contribution in [0.25, 0.3) is 5.82 Å². The first-order valence-electron chi connectivity index (χ1n) is 7.65. The molecule has 0 spiro atoms. The average Bonchev–Trinajstić information content (AvgIpc) is 3.07. The lowest BCUT2D eigenvalue weighted by Crippen LogP contribution is -2.52. The number of hydrogen-bond donors (Lipinski definition) is 3. The molecule has 1 amide bonds. The molecule has 1 saturated heterocycles. The van der Waals surface area contributed by atoms with Crippen LogP contribution >= 0.6 is 0 Å². The predicted molar refractivity (Wildman–Crippen MR) is 89.0 cm³/mol. The fourth-order valence-corrected chi connectivity index (χ4v) is 2.56. The number of amides is 1. The summed E-state index contributed by atoms with van der Waals surface area (Å²) < 4.78 is 1.51. The van der Waals surface area contributed by atoms with E-state index in [0.29, 0.717) is 24.7 Å². The average molecular weight is 355 g/mol. The van der Waals surface area contributed by atoms with Crippen molar-refractivity contribution in [2.45, 2.75) is 0 Å². The minimum atomic E-state index is -0.676. The van der Waals surface area contributed by atoms with Gasteiger partial charge in [-0.15, -0.1) is 0 Å². The smallest absolute Gasteiger partial charge is 0.327 e. The number of carbonyl (C=O) groups is 1. The van der Waals surface area contributed by atoms with Crippen LogP contribution in [-0.4, -0.2) is 53.7 Å². The molecule has 0 atom stereocenters. The maximum atomic E-state index is 12.2. The molecule has 12 nitrogen and oxygen atoms in total. The van der Waals surface area contributed by atoms with Gasteiger partial charge in [-0.1, -0.05) is 0 Å². The molecule has 3 aromatic rings. The molecule has 0 aliphatic carbocycles. The Hall–Kier alpha value is -3.83. The van der Waals surface area contributed by atoms with E-state index in [1.165, 1.54) is 23.7 Å². The number of carbonyl (C=O) groups excluding carboxylic acids is 1. The summed E-state index contributed by atoms with van der Waals surface area (Å²) in [6.45, 7) is 0.903. The topological polar surface area (TPSA) is 155 Å². The summed E-state index contributed by atoms with van der Waals surface area (Å²) in [6.07, 6.45) is 4.35. The molecule has 132 valence electrons. The molecule has 4 rings (SSSR count). The zero-order valence-corrected chi connectivity index (χ0v) is 13.3. The molecule has 3 N–H and O–H groups in total. The third kappa shape index (κ3) is 3.07. The maximum absolute atomic E-state index is 12.2. The van der Waals surface area contributed by atoms with Gasteiger partial charge < -0.3 is 10.2 Å². The Bertz CT molecular complexity index is 1020. The zero-order valence-electron chi connectivity index (χ0n) is 13.3. The quantitative estimate of drug-likeness (QED) is 0.511. The van der Waals surface area contributed by atoms with Gasteiger partial charge in [0.15, 0.2) is 5.82 Å². The van der Waals surface area contributed by atoms with Crippen LogP contribution < -0.4 is 21.5 Å². The van der Waals surface area contributed by atoms with Crippen molar-refractivity contribution in [1.29, 1.82) is 0 Å². The van der Waals surface area contributed by atoms with Crippen LogP contribution in [-0.2, 0) is 4.79 Å². The number of aromatic nitrogens is 7. The van der Waals surface area contributed by atoms with Crippen molar-refractivity contribution in [3.05, 3.63) is 52.0 Å². The van der Waals surface area contributed by atoms with Crippen LogP contribution in [0.5, 0.6) is 0 Å². The normalized spacial score (nSPS) is 14.1. The molecule has 0 unspecified atom stereocenters. The standard InChI is InChI=1S/C14H13N9O3/c24-12-1-9(20-14(26)21-12)19-13(25)8-3-22(4-8)10-2-11(17-6-16-10)23-7-15-5-18-23/h1-2,5-8H,3-4H2,(H3,19,20,21,24,25,26). The SMILES string of the molecule is O=C(Nc1cc(=O)[nH]c(=O)[nH]1)C1CN(c2cc(-n3cncn3)ncn2)C1. The van der Waals surface area contributed by atoms with E-state index in [4.69, 9.17) is 0 Å². The Labute approximate surface area is 144 Å². The van der Waals surface area contributed by atoms with Crippen molar-refractivity contribution in [2.24, 2.45) is 5.92 Å². The number of anilines is 2. The second kappa shape index (κ2) is 6.23. The molecule has 12 heteroatoms. The van der Waals surface area contributed by atoms with E-state index in [1.54, 1.807) is 6.07 Å². The molecule has 26 heavy (non-hydrogen) atoms. The highest BCUT2D eigenvalue weighted by atomic mass is 16.2. The summed E-state index contributed by atoms with van der Waals surface area (Å²) in [5.74, 6) is 0.730. The predicted octanol–water partition coefficient (Wildman–Crippen LogP) is -1.49. The van der Waals surface area contributed by atoms with Crippen molar-refractivity contribution in [3.63, 3.8) is 0 Å². The summed E-state index contributed by atoms with van der Waals surface area (Å²) in [5, 5.41) is 6.55. The summed E-state index contributed by atoms with van der Waals surface area (Å²) >= 11 is 0. The van der Waals surface area contributed by atoms with Crippen LogP contribution in [0.15, 0.2) is 40.7 Å². The molecule has 4 heterocycles. The molecular weight excluding hydrogens is 342 g/mol. The number of aromatic amines is 2. The highest BCUT2D eigenvalue weighted by Gasteiger charge is 2.34. The lowest BCUT2D eigenvalue weighted by atomic mass is 9.99. The summed E-state index contributed by atoms with van der Waals surface area (Å²) in [4.78, 5) is 53.2. The van der Waals surface area contributed by atoms with Gasteiger partial charge in [0.1, 0.15) is 30.6 Å². The van der Waals surface area contributed by atoms with E-state index >= 15 is 0 Å². The summed E-state index contributed by atoms with van der Waals surface area (Å²) in [6, 6.07) is 2.86. The second-order valence-corrected chi connectivity index (χ2v) is 5.67. The second-order valence-electron chi connectivity index (χ2n) is 5.67. The first kappa shape index (κ1) is 15.7. The minimum absolute atomic E-state index is 0.0673. The minimum Gasteiger partial charge on any atom is -0.355 e. The Morgan fingerprint density at radius 1 is 1.12 bits per heavy atom. The lowest BCUT2D eigenvalue weighted by molar-refractivity contribution is -0.120. The molecule has 1 fully saturated rings. The number of hydrogen-bond acceptors (Lipinski definition) is 8. The van der Waals surface area contributed by atoms with E-state index in [9.17, 15) is 14.4 Å². The number of rotatable bonds is 4. The molecule has 0 radical (unpaired) electrons. The van der Waals surface area contributed by atoms with Crippen LogP contribution in [0, 0.1) is 5.92 Å². The van der Waals surface area contributed by atoms with Crippen LogP contribution in [0.3, 0.4) is 0 Å². The Balaban J connectivity index is 1.41. The third-order valence-electron chi connectivity index (χ3n) is 3.89. The Kier molecular flexibility index (Phi) is 3.76. The first-order valence-corrected chi connectivity index (χ1v) is 7.65. The van der Waals surface area contributed by atoms with E-state index in [2.05, 4.69) is 30.4 Å². The number of nitrogens with one attached hydrogen (secondary N) is 3. The van der Waals surface area contributed by atoms with Gasteiger partial charge >= 0.3 is 5.69 Å². The van der Waals surface area contributed by atoms with Gasteiger partial charge in [0.05, 0.1) is 5.92 Å². The fraction of sp³-hybridized carbons (Fsp3) is 0.214. The summed E-state index contributed by atoms with van der Waals surface area (Å²) in [5.41, 5.74) is -1.26. The van der Waals surface area contributed by atoms with E-state index in [1.807, 2.05) is 9.88 Å². The van der Waals surface area contributed by atoms with Gasteiger partial charge in [-0.2, -0.15) is 5.10 Å². The first-order chi connectivity index (χ1) is 12.6. The van der Waals surface area contributed by atoms with Crippen molar-refractivity contribution >= 4 is 17.5 Å². The van der Waals surface area contributed by atoms with Crippen LogP contribution in [0.1, 0.15) is 0 Å². The molecule has 0 bridgehead atoms. The van der Waals surface area contributed by atoms with Crippen LogP contribution in [0.2, 0.25) is 0 Å². The van der Waals surface area contributed by atoms with E-state index in [0.717, 1.165) is 6.07 Å². The van der Waals surface area contributed by atoms with Gasteiger partial charge in [-0.05, 0) is 0 Å². The largest absolute Gasteiger partial charge is 0.355 e. The molecule has 3 aromatic heterocycles. The van der Waals surface area contributed by atoms with E-state index < -0.39 is 11.2 Å². The van der Waals surface area contributed by atoms with Crippen molar-refractivity contribution in [2.75, 3.05) is 23.3 Å². The summed E-state index contributed by atoms with van der Waals surface area (Å²) in [7, 11) is 0. The highest BCUT2D eigenvalue weighted by Crippen LogP contribution is 2.24. The van der Waals surface area contributed by atoms with Crippen LogP contribution in [0.4, 0.5) is 11.6 Å². The molecule has 0 saturated carbocycles. The van der Waals surface area contributed by atoms with Crippen molar-refractivity contribution < 1.29 is 4.79 Å². The zero-order chi connectivity index (χ0) is 18.1. The highest BCUT2D eigenvalue weighted by molar-refractivity contribution is 5.93. The molecular formula is C14H13N9O3. The van der Waals surface area contributed by atoms with Gasteiger partial charge in [0, 0.05) is 25.2 Å². The monoisotopic (exact) mass is 355 g/mol. The van der Waals surface area contributed by atoms with Gasteiger partial charge in [-0.3, -0.25) is 19.6 Å². The number of H-pyrrole nitrogens is 2. The van der Waals surface area contributed by atoms with Crippen molar-refractivity contribution in [3.8, 4) is 5.82 Å². The van der Waals surface area contributed by atoms with Gasteiger partial charge in [-0.25, -0.2) is 24.4 Å². The Morgan fingerprint density at radius 3 is 2.65 bits per heavy atom. The molecule has 0 aromatic carbocycles. The van der Waals surface area contributed by atoms with Crippen molar-refractivity contribution in [1.82, 2.24) is 34.7 Å². The fourth-order valence-electron chi connectivity index (χ4n) is 2.56. The number of nitrogens with zero attached hydrogens (tertiary/aromatic N) is 6. The molecule has 1 aliphatic heterocycles. The molecule has 1 aliphatic rings. The third-order valence-corrected chi connectivity index (χ3v) is 3.89. The maximum Gasteiger partial charge on any atom is 0.327 e. The van der Waals surface area contributed by atoms with E-state index in [-0.39, 0.29) is 17.6 Å². The van der Waals surface area contributed by atoms with Gasteiger partial charge in [0.2, 0.25) is 5.91 Å². The Morgan fingerprint density at radius 2 is 1.92 bits per heavy atom. The lowest BCUT2D eigenvalue weighted by Gasteiger charge is -2.38.